The number of carbonyl (C=O) groups excluding carboxylic acids is 1. The van der Waals surface area contributed by atoms with E-state index in [1.54, 1.807) is 38.1 Å². The average molecular weight is 333 g/mol. The third kappa shape index (κ3) is 5.34. The second-order valence-electron chi connectivity index (χ2n) is 6.56. The Bertz CT molecular complexity index is 547. The van der Waals surface area contributed by atoms with Crippen molar-refractivity contribution >= 4 is 17.6 Å². The molecule has 0 saturated heterocycles. The summed E-state index contributed by atoms with van der Waals surface area (Å²) in [5.74, 6) is -1.59. The first-order chi connectivity index (χ1) is 11.5. The molecule has 5 nitrogen and oxygen atoms in total. The number of amides is 1. The van der Waals surface area contributed by atoms with Gasteiger partial charge >= 0.3 is 5.97 Å². The lowest BCUT2D eigenvalue weighted by Crippen LogP contribution is -2.31. The van der Waals surface area contributed by atoms with Gasteiger partial charge < -0.3 is 15.2 Å². The molecule has 24 heavy (non-hydrogen) atoms. The molecule has 1 aromatic carbocycles. The number of aliphatic carboxylic acids is 1. The monoisotopic (exact) mass is 333 g/mol. The van der Waals surface area contributed by atoms with Crippen molar-refractivity contribution in [1.29, 1.82) is 0 Å². The van der Waals surface area contributed by atoms with E-state index in [1.807, 2.05) is 0 Å². The zero-order valence-corrected chi connectivity index (χ0v) is 14.5. The highest BCUT2D eigenvalue weighted by molar-refractivity contribution is 5.94. The largest absolute Gasteiger partial charge is 0.481 e. The molecule has 0 aromatic heterocycles. The number of ether oxygens (including phenoxy) is 1. The fraction of sp³-hybridized carbons (Fsp3) is 0.579. The molecule has 1 aliphatic carbocycles. The second kappa shape index (κ2) is 8.83. The van der Waals surface area contributed by atoms with E-state index in [1.165, 1.54) is 25.7 Å². The number of nitrogens with one attached hydrogen (secondary N) is 1. The van der Waals surface area contributed by atoms with E-state index in [0.717, 1.165) is 12.8 Å². The Hall–Kier alpha value is -1.88. The van der Waals surface area contributed by atoms with Gasteiger partial charge in [0.05, 0.1) is 12.0 Å². The van der Waals surface area contributed by atoms with Gasteiger partial charge in [0.1, 0.15) is 6.10 Å². The van der Waals surface area contributed by atoms with Gasteiger partial charge in [0.2, 0.25) is 0 Å². The van der Waals surface area contributed by atoms with E-state index < -0.39 is 18.0 Å². The van der Waals surface area contributed by atoms with Crippen molar-refractivity contribution in [2.45, 2.75) is 70.5 Å². The summed E-state index contributed by atoms with van der Waals surface area (Å²) >= 11 is 0. The van der Waals surface area contributed by atoms with Gasteiger partial charge in [-0.1, -0.05) is 37.8 Å². The van der Waals surface area contributed by atoms with E-state index in [4.69, 9.17) is 9.84 Å². The maximum atomic E-state index is 12.3. The summed E-state index contributed by atoms with van der Waals surface area (Å²) in [7, 11) is 0. The molecule has 2 atom stereocenters. The van der Waals surface area contributed by atoms with Gasteiger partial charge in [0, 0.05) is 5.69 Å². The Morgan fingerprint density at radius 2 is 1.67 bits per heavy atom. The van der Waals surface area contributed by atoms with Gasteiger partial charge in [-0.15, -0.1) is 0 Å². The van der Waals surface area contributed by atoms with Crippen LogP contribution in [-0.4, -0.2) is 29.2 Å². The zero-order valence-electron chi connectivity index (χ0n) is 14.5. The molecule has 2 rings (SSSR count). The number of hydrogen-bond acceptors (Lipinski definition) is 3. The van der Waals surface area contributed by atoms with Gasteiger partial charge in [-0.3, -0.25) is 9.59 Å². The lowest BCUT2D eigenvalue weighted by atomic mass is 10.0. The minimum Gasteiger partial charge on any atom is -0.481 e. The Balaban J connectivity index is 1.87. The number of carbonyl (C=O) groups is 2. The summed E-state index contributed by atoms with van der Waals surface area (Å²) in [5.41, 5.74) is 1.36. The molecule has 1 amide bonds. The molecule has 0 aliphatic heterocycles. The van der Waals surface area contributed by atoms with Crippen LogP contribution in [0.2, 0.25) is 0 Å². The number of benzene rings is 1. The van der Waals surface area contributed by atoms with Crippen LogP contribution < -0.4 is 5.32 Å². The molecule has 132 valence electrons. The van der Waals surface area contributed by atoms with Crippen LogP contribution in [0.1, 0.15) is 63.9 Å². The van der Waals surface area contributed by atoms with Crippen molar-refractivity contribution in [3.63, 3.8) is 0 Å². The first-order valence-electron chi connectivity index (χ1n) is 8.76. The third-order valence-corrected chi connectivity index (χ3v) is 4.62. The number of carboxylic acids is 1. The fourth-order valence-electron chi connectivity index (χ4n) is 2.97. The van der Waals surface area contributed by atoms with Crippen LogP contribution in [0.4, 0.5) is 5.69 Å². The summed E-state index contributed by atoms with van der Waals surface area (Å²) in [5, 5.41) is 11.8. The van der Waals surface area contributed by atoms with Gasteiger partial charge in [-0.2, -0.15) is 0 Å². The smallest absolute Gasteiger partial charge is 0.310 e. The molecular weight excluding hydrogens is 306 g/mol. The van der Waals surface area contributed by atoms with Crippen molar-refractivity contribution in [3.8, 4) is 0 Å². The minimum atomic E-state index is -0.864. The molecule has 2 N–H and O–H groups in total. The van der Waals surface area contributed by atoms with E-state index in [9.17, 15) is 9.59 Å². The molecule has 2 unspecified atom stereocenters. The number of anilines is 1. The normalized spacial score (nSPS) is 18.4. The van der Waals surface area contributed by atoms with Crippen LogP contribution in [0.15, 0.2) is 24.3 Å². The molecule has 1 aliphatic rings. The first-order valence-corrected chi connectivity index (χ1v) is 8.76. The van der Waals surface area contributed by atoms with Gasteiger partial charge in [0.25, 0.3) is 5.91 Å². The number of rotatable bonds is 6. The van der Waals surface area contributed by atoms with E-state index >= 15 is 0 Å². The van der Waals surface area contributed by atoms with Gasteiger partial charge in [0.15, 0.2) is 0 Å². The van der Waals surface area contributed by atoms with Crippen LogP contribution in [-0.2, 0) is 14.3 Å². The van der Waals surface area contributed by atoms with Crippen molar-refractivity contribution in [2.75, 3.05) is 5.32 Å². The second-order valence-corrected chi connectivity index (χ2v) is 6.56. The van der Waals surface area contributed by atoms with Gasteiger partial charge in [-0.25, -0.2) is 0 Å². The highest BCUT2D eigenvalue weighted by Crippen LogP contribution is 2.22. The van der Waals surface area contributed by atoms with E-state index in [0.29, 0.717) is 11.3 Å². The predicted octanol–water partition coefficient (Wildman–Crippen LogP) is 3.94. The molecule has 1 aromatic rings. The highest BCUT2D eigenvalue weighted by atomic mass is 16.5. The Morgan fingerprint density at radius 1 is 1.08 bits per heavy atom. The third-order valence-electron chi connectivity index (χ3n) is 4.62. The molecule has 5 heteroatoms. The molecule has 0 radical (unpaired) electrons. The Labute approximate surface area is 143 Å². The van der Waals surface area contributed by atoms with Crippen molar-refractivity contribution in [3.05, 3.63) is 29.8 Å². The predicted molar refractivity (Wildman–Crippen MR) is 93.2 cm³/mol. The molecule has 0 spiro atoms. The standard InChI is InChI=1S/C19H27NO4/c1-13(19(22)23)15-9-11-16(12-10-15)20-18(21)14(2)24-17-7-5-3-4-6-8-17/h9-14,17H,3-8H2,1-2H3,(H,20,21)(H,22,23). The van der Waals surface area contributed by atoms with Crippen LogP contribution >= 0.6 is 0 Å². The maximum absolute atomic E-state index is 12.3. The first kappa shape index (κ1) is 18.5. The zero-order chi connectivity index (χ0) is 17.5. The molecule has 1 fully saturated rings. The summed E-state index contributed by atoms with van der Waals surface area (Å²) < 4.78 is 5.91. The van der Waals surface area contributed by atoms with Crippen molar-refractivity contribution in [1.82, 2.24) is 0 Å². The van der Waals surface area contributed by atoms with E-state index in [2.05, 4.69) is 5.32 Å². The Kier molecular flexibility index (Phi) is 6.79. The van der Waals surface area contributed by atoms with Crippen LogP contribution in [0, 0.1) is 0 Å². The van der Waals surface area contributed by atoms with Crippen molar-refractivity contribution in [2.24, 2.45) is 0 Å². The highest BCUT2D eigenvalue weighted by Gasteiger charge is 2.20. The molecule has 0 bridgehead atoms. The average Bonchev–Trinajstić information content (AvgIpc) is 2.83. The maximum Gasteiger partial charge on any atom is 0.310 e. The summed E-state index contributed by atoms with van der Waals surface area (Å²) in [4.78, 5) is 23.2. The summed E-state index contributed by atoms with van der Waals surface area (Å²) in [6.45, 7) is 3.42. The number of carboxylic acid groups (broad SMARTS) is 1. The molecule has 1 saturated carbocycles. The Morgan fingerprint density at radius 3 is 2.21 bits per heavy atom. The summed E-state index contributed by atoms with van der Waals surface area (Å²) in [6, 6.07) is 6.91. The molecular formula is C19H27NO4. The quantitative estimate of drug-likeness (QED) is 0.773. The van der Waals surface area contributed by atoms with Crippen LogP contribution in [0.3, 0.4) is 0 Å². The van der Waals surface area contributed by atoms with Crippen LogP contribution in [0.5, 0.6) is 0 Å². The summed E-state index contributed by atoms with van der Waals surface area (Å²) in [6.07, 6.45) is 6.57. The molecule has 0 heterocycles. The van der Waals surface area contributed by atoms with Crippen molar-refractivity contribution < 1.29 is 19.4 Å². The number of hydrogen-bond donors (Lipinski definition) is 2. The van der Waals surface area contributed by atoms with E-state index in [-0.39, 0.29) is 12.0 Å². The minimum absolute atomic E-state index is 0.168. The fourth-order valence-corrected chi connectivity index (χ4v) is 2.97. The topological polar surface area (TPSA) is 75.6 Å². The SMILES string of the molecule is CC(OC1CCCCCC1)C(=O)Nc1ccc(C(C)C(=O)O)cc1. The van der Waals surface area contributed by atoms with Crippen LogP contribution in [0.25, 0.3) is 0 Å². The lowest BCUT2D eigenvalue weighted by molar-refractivity contribution is -0.138. The van der Waals surface area contributed by atoms with Gasteiger partial charge in [-0.05, 0) is 44.4 Å². The lowest BCUT2D eigenvalue weighted by Gasteiger charge is -2.20.